The highest BCUT2D eigenvalue weighted by Gasteiger charge is 2.65. The second-order valence-electron chi connectivity index (χ2n) is 12.7. The highest BCUT2D eigenvalue weighted by atomic mass is 16.6. The summed E-state index contributed by atoms with van der Waals surface area (Å²) in [6.07, 6.45) is 6.84. The van der Waals surface area contributed by atoms with Crippen LogP contribution < -0.4 is 4.74 Å². The fourth-order valence-corrected chi connectivity index (χ4v) is 8.35. The second-order valence-corrected chi connectivity index (χ2v) is 12.7. The topological polar surface area (TPSA) is 40.2 Å². The third-order valence-corrected chi connectivity index (χ3v) is 10.2. The molecule has 0 N–H and O–H groups in total. The third-order valence-electron chi connectivity index (χ3n) is 10.2. The Morgan fingerprint density at radius 3 is 2.36 bits per heavy atom. The molecular formula is C29H44O4. The summed E-state index contributed by atoms with van der Waals surface area (Å²) in [6, 6.07) is 8.36. The Morgan fingerprint density at radius 2 is 1.70 bits per heavy atom. The summed E-state index contributed by atoms with van der Waals surface area (Å²) < 4.78 is 25.0. The van der Waals surface area contributed by atoms with Crippen LogP contribution in [0.4, 0.5) is 0 Å². The van der Waals surface area contributed by atoms with Gasteiger partial charge in [0, 0.05) is 7.11 Å². The highest BCUT2D eigenvalue weighted by Crippen LogP contribution is 2.65. The fraction of sp³-hybridized carbons (Fsp3) is 0.793. The molecule has 1 heterocycles. The monoisotopic (exact) mass is 456 g/mol. The van der Waals surface area contributed by atoms with Crippen molar-refractivity contribution in [2.24, 2.45) is 34.5 Å². The van der Waals surface area contributed by atoms with Crippen molar-refractivity contribution < 1.29 is 18.9 Å². The fourth-order valence-electron chi connectivity index (χ4n) is 8.35. The Balaban J connectivity index is 1.50. The van der Waals surface area contributed by atoms with Crippen LogP contribution >= 0.6 is 0 Å². The molecule has 1 saturated heterocycles. The van der Waals surface area contributed by atoms with Crippen LogP contribution in [-0.4, -0.2) is 38.1 Å². The summed E-state index contributed by atoms with van der Waals surface area (Å²) in [5.74, 6) is 3.04. The first kappa shape index (κ1) is 23.6. The average molecular weight is 457 g/mol. The van der Waals surface area contributed by atoms with Crippen molar-refractivity contribution in [2.45, 2.75) is 97.2 Å². The molecule has 0 bridgehead atoms. The number of benzene rings is 1. The normalized spacial score (nSPS) is 45.8. The van der Waals surface area contributed by atoms with Gasteiger partial charge in [0.25, 0.3) is 0 Å². The molecule has 1 aliphatic heterocycles. The minimum Gasteiger partial charge on any atom is -0.497 e. The largest absolute Gasteiger partial charge is 0.497 e. The second kappa shape index (κ2) is 8.24. The number of hydrogen-bond acceptors (Lipinski definition) is 4. The molecule has 4 heteroatoms. The van der Waals surface area contributed by atoms with E-state index in [0.717, 1.165) is 18.6 Å². The molecular weight excluding hydrogens is 412 g/mol. The minimum absolute atomic E-state index is 0.00815. The Hall–Kier alpha value is -1.10. The van der Waals surface area contributed by atoms with Crippen LogP contribution in [0.1, 0.15) is 72.3 Å². The van der Waals surface area contributed by atoms with Crippen molar-refractivity contribution >= 4 is 0 Å². The van der Waals surface area contributed by atoms with Crippen LogP contribution in [0, 0.1) is 34.5 Å². The van der Waals surface area contributed by atoms with E-state index in [4.69, 9.17) is 18.9 Å². The van der Waals surface area contributed by atoms with Crippen molar-refractivity contribution in [2.75, 3.05) is 14.2 Å². The van der Waals surface area contributed by atoms with Crippen molar-refractivity contribution in [1.82, 2.24) is 0 Å². The Bertz CT molecular complexity index is 850. The zero-order chi connectivity index (χ0) is 23.6. The van der Waals surface area contributed by atoms with Gasteiger partial charge in [0.1, 0.15) is 5.75 Å². The van der Waals surface area contributed by atoms with E-state index in [2.05, 4.69) is 46.8 Å². The summed E-state index contributed by atoms with van der Waals surface area (Å²) in [5.41, 5.74) is 1.69. The Labute approximate surface area is 200 Å². The van der Waals surface area contributed by atoms with Crippen LogP contribution in [0.25, 0.3) is 0 Å². The summed E-state index contributed by atoms with van der Waals surface area (Å²) in [5, 5.41) is 0. The maximum Gasteiger partial charge on any atom is 0.118 e. The van der Waals surface area contributed by atoms with Crippen LogP contribution in [0.2, 0.25) is 0 Å². The number of methoxy groups -OCH3 is 2. The van der Waals surface area contributed by atoms with Crippen molar-refractivity contribution in [3.05, 3.63) is 29.8 Å². The molecule has 0 spiro atoms. The van der Waals surface area contributed by atoms with Gasteiger partial charge in [-0.05, 0) is 91.2 Å². The van der Waals surface area contributed by atoms with E-state index in [1.54, 1.807) is 7.11 Å². The van der Waals surface area contributed by atoms with Crippen molar-refractivity contribution in [3.63, 3.8) is 0 Å². The summed E-state index contributed by atoms with van der Waals surface area (Å²) in [6.45, 7) is 12.9. The van der Waals surface area contributed by atoms with Gasteiger partial charge in [-0.2, -0.15) is 0 Å². The molecule has 0 radical (unpaired) electrons. The van der Waals surface area contributed by atoms with Crippen molar-refractivity contribution in [3.8, 4) is 5.75 Å². The molecule has 1 aromatic carbocycles. The molecule has 0 unspecified atom stereocenters. The minimum atomic E-state index is 0.00815. The standard InChI is InChI=1S/C29H44O4/c1-18-14-21-22(25(18)31-7)16-29(5)24(33-29)15-23-27(2,3)12-13-28(23,4)26(21)32-17-19-8-10-20(30-6)11-9-19/h8-11,18,21-26H,12-17H2,1-7H3/t18-,21+,22+,23+,24+,25+,26+,28-,29-/m1/s1. The zero-order valence-electron chi connectivity index (χ0n) is 21.7. The van der Waals surface area contributed by atoms with E-state index in [1.807, 2.05) is 19.2 Å². The molecule has 9 atom stereocenters. The molecule has 4 fully saturated rings. The lowest BCUT2D eigenvalue weighted by atomic mass is 9.63. The average Bonchev–Trinajstić information content (AvgIpc) is 3.22. The first-order chi connectivity index (χ1) is 15.6. The van der Waals surface area contributed by atoms with Gasteiger partial charge in [-0.3, -0.25) is 0 Å². The molecule has 5 rings (SSSR count). The molecule has 0 aromatic heterocycles. The smallest absolute Gasteiger partial charge is 0.118 e. The van der Waals surface area contributed by atoms with E-state index >= 15 is 0 Å². The summed E-state index contributed by atoms with van der Waals surface area (Å²) in [7, 11) is 3.62. The van der Waals surface area contributed by atoms with Crippen LogP contribution in [-0.2, 0) is 20.8 Å². The van der Waals surface area contributed by atoms with Gasteiger partial charge >= 0.3 is 0 Å². The molecule has 4 nitrogen and oxygen atoms in total. The number of ether oxygens (including phenoxy) is 4. The SMILES string of the molecule is COc1ccc(CO[C@H]2[C@H]3C[C@@H](C)[C@H](OC)[C@H]3C[C@@]3(C)O[C@H]3C[C@H]3C(C)(C)CC[C@@]23C)cc1. The molecule has 184 valence electrons. The van der Waals surface area contributed by atoms with E-state index in [0.29, 0.717) is 47.9 Å². The lowest BCUT2D eigenvalue weighted by Gasteiger charge is -2.46. The van der Waals surface area contributed by atoms with E-state index < -0.39 is 0 Å². The first-order valence-corrected chi connectivity index (χ1v) is 13.1. The third kappa shape index (κ3) is 3.94. The van der Waals surface area contributed by atoms with E-state index in [9.17, 15) is 0 Å². The van der Waals surface area contributed by atoms with Gasteiger partial charge in [0.05, 0.1) is 37.6 Å². The maximum atomic E-state index is 7.04. The number of epoxide rings is 1. The highest BCUT2D eigenvalue weighted by molar-refractivity contribution is 5.26. The number of hydrogen-bond donors (Lipinski definition) is 0. The first-order valence-electron chi connectivity index (χ1n) is 13.1. The quantitative estimate of drug-likeness (QED) is 0.490. The van der Waals surface area contributed by atoms with Gasteiger partial charge in [-0.25, -0.2) is 0 Å². The van der Waals surface area contributed by atoms with Crippen molar-refractivity contribution in [1.29, 1.82) is 0 Å². The maximum absolute atomic E-state index is 7.04. The van der Waals surface area contributed by atoms with Gasteiger partial charge in [0.2, 0.25) is 0 Å². The molecule has 33 heavy (non-hydrogen) atoms. The van der Waals surface area contributed by atoms with Crippen LogP contribution in [0.3, 0.4) is 0 Å². The van der Waals surface area contributed by atoms with Crippen LogP contribution in [0.5, 0.6) is 5.75 Å². The van der Waals surface area contributed by atoms with E-state index in [1.165, 1.54) is 24.8 Å². The summed E-state index contributed by atoms with van der Waals surface area (Å²) in [4.78, 5) is 0. The summed E-state index contributed by atoms with van der Waals surface area (Å²) >= 11 is 0. The molecule has 1 aromatic rings. The molecule has 4 aliphatic rings. The number of fused-ring (bicyclic) bond motifs is 3. The zero-order valence-corrected chi connectivity index (χ0v) is 21.7. The number of rotatable bonds is 5. The lowest BCUT2D eigenvalue weighted by molar-refractivity contribution is -0.118. The van der Waals surface area contributed by atoms with E-state index in [-0.39, 0.29) is 17.1 Å². The Kier molecular flexibility index (Phi) is 5.90. The van der Waals surface area contributed by atoms with Gasteiger partial charge in [-0.1, -0.05) is 39.8 Å². The lowest BCUT2D eigenvalue weighted by Crippen LogP contribution is -2.46. The van der Waals surface area contributed by atoms with Crippen LogP contribution in [0.15, 0.2) is 24.3 Å². The molecule has 3 saturated carbocycles. The van der Waals surface area contributed by atoms with Gasteiger partial charge in [0.15, 0.2) is 0 Å². The Morgan fingerprint density at radius 1 is 0.970 bits per heavy atom. The molecule has 3 aliphatic carbocycles. The molecule has 0 amide bonds. The predicted molar refractivity (Wildman–Crippen MR) is 130 cm³/mol. The van der Waals surface area contributed by atoms with Gasteiger partial charge in [-0.15, -0.1) is 0 Å². The van der Waals surface area contributed by atoms with Gasteiger partial charge < -0.3 is 18.9 Å². The predicted octanol–water partition coefficient (Wildman–Crippen LogP) is 6.26.